The fourth-order valence-electron chi connectivity index (χ4n) is 3.71. The molecule has 29 heavy (non-hydrogen) atoms. The number of hydrogen-bond acceptors (Lipinski definition) is 6. The fraction of sp³-hybridized carbons (Fsp3) is 0.368. The van der Waals surface area contributed by atoms with Gasteiger partial charge in [-0.15, -0.1) is 0 Å². The van der Waals surface area contributed by atoms with E-state index in [1.165, 1.54) is 0 Å². The van der Waals surface area contributed by atoms with E-state index in [4.69, 9.17) is 0 Å². The molecule has 2 aliphatic heterocycles. The SMILES string of the molecule is O=C1NCCN1c1cn2c(-c3cccc(NC4CNCCC4F)n3)cnc2cn1. The van der Waals surface area contributed by atoms with Crippen LogP contribution in [0.25, 0.3) is 17.0 Å². The molecular formula is C19H21FN8O. The predicted octanol–water partition coefficient (Wildman–Crippen LogP) is 1.43. The number of alkyl halides is 1. The molecule has 3 aromatic heterocycles. The molecule has 2 unspecified atom stereocenters. The number of pyridine rings is 1. The average molecular weight is 396 g/mol. The van der Waals surface area contributed by atoms with Crippen molar-refractivity contribution >= 4 is 23.3 Å². The molecule has 3 N–H and O–H groups in total. The van der Waals surface area contributed by atoms with Crippen LogP contribution >= 0.6 is 0 Å². The average Bonchev–Trinajstić information content (AvgIpc) is 3.35. The zero-order valence-electron chi connectivity index (χ0n) is 15.7. The van der Waals surface area contributed by atoms with Crippen LogP contribution in [-0.4, -0.2) is 63.8 Å². The van der Waals surface area contributed by atoms with Crippen molar-refractivity contribution in [1.29, 1.82) is 0 Å². The molecule has 5 heterocycles. The molecule has 0 spiro atoms. The van der Waals surface area contributed by atoms with Gasteiger partial charge >= 0.3 is 6.03 Å². The molecule has 2 amide bonds. The summed E-state index contributed by atoms with van der Waals surface area (Å²) in [4.78, 5) is 26.9. The van der Waals surface area contributed by atoms with Crippen LogP contribution in [0.2, 0.25) is 0 Å². The van der Waals surface area contributed by atoms with Crippen LogP contribution in [0.3, 0.4) is 0 Å². The van der Waals surface area contributed by atoms with Crippen molar-refractivity contribution in [2.75, 3.05) is 36.4 Å². The number of fused-ring (bicyclic) bond motifs is 1. The van der Waals surface area contributed by atoms with Gasteiger partial charge < -0.3 is 16.0 Å². The second-order valence-electron chi connectivity index (χ2n) is 7.17. The van der Waals surface area contributed by atoms with Crippen molar-refractivity contribution in [3.63, 3.8) is 0 Å². The molecule has 0 saturated carbocycles. The summed E-state index contributed by atoms with van der Waals surface area (Å²) in [5, 5.41) is 9.16. The molecule has 0 bridgehead atoms. The number of nitrogens with one attached hydrogen (secondary N) is 3. The van der Waals surface area contributed by atoms with Crippen molar-refractivity contribution in [2.24, 2.45) is 0 Å². The summed E-state index contributed by atoms with van der Waals surface area (Å²) >= 11 is 0. The molecule has 3 aromatic rings. The zero-order valence-corrected chi connectivity index (χ0v) is 15.7. The van der Waals surface area contributed by atoms with Crippen LogP contribution in [0.5, 0.6) is 0 Å². The van der Waals surface area contributed by atoms with Crippen LogP contribution in [0, 0.1) is 0 Å². The first kappa shape index (κ1) is 17.8. The molecule has 2 aliphatic rings. The number of carbonyl (C=O) groups excluding carboxylic acids is 1. The van der Waals surface area contributed by atoms with E-state index >= 15 is 0 Å². The third-order valence-electron chi connectivity index (χ3n) is 5.26. The Morgan fingerprint density at radius 1 is 1.21 bits per heavy atom. The van der Waals surface area contributed by atoms with E-state index < -0.39 is 6.17 Å². The van der Waals surface area contributed by atoms with Gasteiger partial charge in [-0.25, -0.2) is 24.1 Å². The van der Waals surface area contributed by atoms with Gasteiger partial charge in [-0.3, -0.25) is 9.30 Å². The van der Waals surface area contributed by atoms with Crippen molar-refractivity contribution in [3.05, 3.63) is 36.8 Å². The molecule has 2 fully saturated rings. The first-order valence-electron chi connectivity index (χ1n) is 9.66. The summed E-state index contributed by atoms with van der Waals surface area (Å²) in [7, 11) is 0. The molecule has 2 saturated heterocycles. The highest BCUT2D eigenvalue weighted by atomic mass is 19.1. The molecule has 0 radical (unpaired) electrons. The molecule has 0 aliphatic carbocycles. The molecule has 10 heteroatoms. The monoisotopic (exact) mass is 396 g/mol. The summed E-state index contributed by atoms with van der Waals surface area (Å²) in [6.07, 6.45) is 4.72. The number of hydrogen-bond donors (Lipinski definition) is 3. The summed E-state index contributed by atoms with van der Waals surface area (Å²) in [5.74, 6) is 1.16. The van der Waals surface area contributed by atoms with Crippen molar-refractivity contribution in [1.82, 2.24) is 30.0 Å². The van der Waals surface area contributed by atoms with E-state index in [1.54, 1.807) is 23.5 Å². The van der Waals surface area contributed by atoms with Gasteiger partial charge in [0.25, 0.3) is 0 Å². The van der Waals surface area contributed by atoms with Crippen molar-refractivity contribution in [3.8, 4) is 11.4 Å². The van der Waals surface area contributed by atoms with E-state index in [0.717, 1.165) is 5.69 Å². The van der Waals surface area contributed by atoms with Gasteiger partial charge in [-0.1, -0.05) is 6.07 Å². The number of nitrogens with zero attached hydrogens (tertiary/aromatic N) is 5. The number of rotatable bonds is 4. The molecule has 0 aromatic carbocycles. The Bertz CT molecular complexity index is 1050. The second kappa shape index (κ2) is 7.28. The van der Waals surface area contributed by atoms with E-state index in [2.05, 4.69) is 30.9 Å². The Kier molecular flexibility index (Phi) is 4.47. The summed E-state index contributed by atoms with van der Waals surface area (Å²) < 4.78 is 16.0. The highest BCUT2D eigenvalue weighted by Gasteiger charge is 2.25. The van der Waals surface area contributed by atoms with Crippen LogP contribution in [0.4, 0.5) is 20.8 Å². The Morgan fingerprint density at radius 2 is 2.14 bits per heavy atom. The third kappa shape index (κ3) is 3.35. The van der Waals surface area contributed by atoms with Gasteiger partial charge in [0.2, 0.25) is 0 Å². The predicted molar refractivity (Wildman–Crippen MR) is 107 cm³/mol. The Morgan fingerprint density at radius 3 is 2.97 bits per heavy atom. The third-order valence-corrected chi connectivity index (χ3v) is 5.26. The van der Waals surface area contributed by atoms with E-state index in [1.807, 2.05) is 22.6 Å². The lowest BCUT2D eigenvalue weighted by Crippen LogP contribution is -2.46. The topological polar surface area (TPSA) is 99.5 Å². The Hall–Kier alpha value is -3.27. The molecular weight excluding hydrogens is 375 g/mol. The van der Waals surface area contributed by atoms with E-state index in [-0.39, 0.29) is 12.1 Å². The molecule has 2 atom stereocenters. The van der Waals surface area contributed by atoms with Crippen LogP contribution in [0.1, 0.15) is 6.42 Å². The maximum absolute atomic E-state index is 14.2. The number of amides is 2. The van der Waals surface area contributed by atoms with Gasteiger partial charge in [0, 0.05) is 19.6 Å². The first-order chi connectivity index (χ1) is 14.2. The molecule has 9 nitrogen and oxygen atoms in total. The lowest BCUT2D eigenvalue weighted by Gasteiger charge is -2.28. The summed E-state index contributed by atoms with van der Waals surface area (Å²) in [6.45, 7) is 2.42. The Balaban J connectivity index is 1.46. The highest BCUT2D eigenvalue weighted by Crippen LogP contribution is 2.23. The lowest BCUT2D eigenvalue weighted by molar-refractivity contribution is 0.241. The fourth-order valence-corrected chi connectivity index (χ4v) is 3.71. The zero-order chi connectivity index (χ0) is 19.8. The quantitative estimate of drug-likeness (QED) is 0.617. The highest BCUT2D eigenvalue weighted by molar-refractivity contribution is 5.93. The van der Waals surface area contributed by atoms with Crippen LogP contribution < -0.4 is 20.9 Å². The number of aromatic nitrogens is 4. The Labute approximate surface area is 166 Å². The van der Waals surface area contributed by atoms with Crippen LogP contribution in [-0.2, 0) is 0 Å². The minimum atomic E-state index is -0.905. The van der Waals surface area contributed by atoms with E-state index in [9.17, 15) is 9.18 Å². The number of piperidine rings is 1. The van der Waals surface area contributed by atoms with Gasteiger partial charge in [0.15, 0.2) is 11.5 Å². The number of imidazole rings is 1. The lowest BCUT2D eigenvalue weighted by atomic mass is 10.1. The maximum Gasteiger partial charge on any atom is 0.323 e. The molecule has 150 valence electrons. The number of anilines is 2. The maximum atomic E-state index is 14.2. The summed E-state index contributed by atoms with van der Waals surface area (Å²) in [5.41, 5.74) is 2.12. The van der Waals surface area contributed by atoms with Crippen LogP contribution in [0.15, 0.2) is 36.8 Å². The van der Waals surface area contributed by atoms with Gasteiger partial charge in [-0.05, 0) is 25.1 Å². The number of carbonyl (C=O) groups is 1. The normalized spacial score (nSPS) is 22.1. The van der Waals surface area contributed by atoms with Gasteiger partial charge in [0.1, 0.15) is 12.0 Å². The van der Waals surface area contributed by atoms with E-state index in [0.29, 0.717) is 55.6 Å². The number of halogens is 1. The number of urea groups is 1. The summed E-state index contributed by atoms with van der Waals surface area (Å²) in [6, 6.07) is 5.12. The van der Waals surface area contributed by atoms with Crippen molar-refractivity contribution < 1.29 is 9.18 Å². The smallest absolute Gasteiger partial charge is 0.323 e. The molecule has 5 rings (SSSR count). The minimum absolute atomic E-state index is 0.162. The van der Waals surface area contributed by atoms with Gasteiger partial charge in [0.05, 0.1) is 36.0 Å². The second-order valence-corrected chi connectivity index (χ2v) is 7.17. The van der Waals surface area contributed by atoms with Crippen molar-refractivity contribution in [2.45, 2.75) is 18.6 Å². The largest absolute Gasteiger partial charge is 0.363 e. The minimum Gasteiger partial charge on any atom is -0.363 e. The standard InChI is InChI=1S/C19H21FN8O/c20-12-4-5-21-8-14(12)26-16-3-1-2-13(25-16)15-9-23-17-10-24-18(11-28(15)17)27-7-6-22-19(27)29/h1-3,9-12,14,21H,4-8H2,(H,22,29)(H,25,26). The van der Waals surface area contributed by atoms with Gasteiger partial charge in [-0.2, -0.15) is 0 Å². The first-order valence-corrected chi connectivity index (χ1v) is 9.66.